The maximum Gasteiger partial charge on any atom is 0.315 e. The Morgan fingerprint density at radius 1 is 1.70 bits per heavy atom. The highest BCUT2D eigenvalue weighted by atomic mass is 35.5. The smallest absolute Gasteiger partial charge is 0.315 e. The molecule has 0 spiro atoms. The number of carbonyl (C=O) groups is 1. The lowest BCUT2D eigenvalue weighted by atomic mass is 10.5. The lowest BCUT2D eigenvalue weighted by molar-refractivity contribution is -0.141. The molecule has 10 heavy (non-hydrogen) atoms. The van der Waals surface area contributed by atoms with Gasteiger partial charge in [-0.05, 0) is 0 Å². The Morgan fingerprint density at radius 2 is 2.20 bits per heavy atom. The zero-order valence-corrected chi connectivity index (χ0v) is 6.24. The van der Waals surface area contributed by atoms with Crippen LogP contribution in [0.5, 0.6) is 0 Å². The van der Waals surface area contributed by atoms with Crippen molar-refractivity contribution >= 4 is 17.5 Å². The standard InChI is InChI=1S/C5H8ClF2NO/c1-9(3-2-6)5(10)4(7)8/h4H,2-3H2,1H3. The zero-order valence-electron chi connectivity index (χ0n) is 5.48. The minimum Gasteiger partial charge on any atom is -0.340 e. The SMILES string of the molecule is CN(CCCl)C(=O)C(F)F. The van der Waals surface area contributed by atoms with Crippen molar-refractivity contribution in [1.29, 1.82) is 0 Å². The predicted octanol–water partition coefficient (Wildman–Crippen LogP) is 0.949. The third kappa shape index (κ3) is 2.96. The van der Waals surface area contributed by atoms with Gasteiger partial charge in [0.15, 0.2) is 0 Å². The van der Waals surface area contributed by atoms with Crippen LogP contribution in [0.3, 0.4) is 0 Å². The number of rotatable bonds is 3. The molecular weight excluding hydrogens is 164 g/mol. The summed E-state index contributed by atoms with van der Waals surface area (Å²) in [7, 11) is 1.29. The van der Waals surface area contributed by atoms with Crippen LogP contribution in [0.4, 0.5) is 8.78 Å². The number of halogens is 3. The first-order valence-corrected chi connectivity index (χ1v) is 3.22. The van der Waals surface area contributed by atoms with Crippen molar-refractivity contribution in [1.82, 2.24) is 4.90 Å². The van der Waals surface area contributed by atoms with Gasteiger partial charge in [-0.25, -0.2) is 0 Å². The van der Waals surface area contributed by atoms with Crippen LogP contribution >= 0.6 is 11.6 Å². The average Bonchev–Trinajstić information content (AvgIpc) is 1.87. The van der Waals surface area contributed by atoms with Gasteiger partial charge in [0.1, 0.15) is 0 Å². The van der Waals surface area contributed by atoms with E-state index in [0.29, 0.717) is 0 Å². The normalized spacial score (nSPS) is 10.1. The predicted molar refractivity (Wildman–Crippen MR) is 34.4 cm³/mol. The van der Waals surface area contributed by atoms with Gasteiger partial charge in [-0.15, -0.1) is 11.6 Å². The lowest BCUT2D eigenvalue weighted by Gasteiger charge is -2.13. The van der Waals surface area contributed by atoms with Crippen LogP contribution in [-0.4, -0.2) is 36.7 Å². The zero-order chi connectivity index (χ0) is 8.15. The van der Waals surface area contributed by atoms with Gasteiger partial charge in [-0.1, -0.05) is 0 Å². The van der Waals surface area contributed by atoms with Crippen LogP contribution in [-0.2, 0) is 4.79 Å². The first kappa shape index (κ1) is 9.62. The Balaban J connectivity index is 3.71. The molecule has 1 amide bonds. The van der Waals surface area contributed by atoms with E-state index in [2.05, 4.69) is 0 Å². The van der Waals surface area contributed by atoms with Crippen molar-refractivity contribution in [3.05, 3.63) is 0 Å². The quantitative estimate of drug-likeness (QED) is 0.579. The number of alkyl halides is 3. The van der Waals surface area contributed by atoms with E-state index in [1.54, 1.807) is 0 Å². The van der Waals surface area contributed by atoms with Crippen molar-refractivity contribution in [2.75, 3.05) is 19.5 Å². The van der Waals surface area contributed by atoms with Gasteiger partial charge in [0, 0.05) is 19.5 Å². The van der Waals surface area contributed by atoms with E-state index in [4.69, 9.17) is 11.6 Å². The summed E-state index contributed by atoms with van der Waals surface area (Å²) in [5, 5.41) is 0. The van der Waals surface area contributed by atoms with Crippen LogP contribution in [0.1, 0.15) is 0 Å². The molecule has 0 heterocycles. The second-order valence-electron chi connectivity index (χ2n) is 1.75. The molecule has 0 aromatic heterocycles. The fourth-order valence-corrected chi connectivity index (χ4v) is 0.657. The summed E-state index contributed by atoms with van der Waals surface area (Å²) in [6.45, 7) is 0.157. The second-order valence-corrected chi connectivity index (χ2v) is 2.13. The summed E-state index contributed by atoms with van der Waals surface area (Å²) in [6, 6.07) is 0. The molecule has 0 aliphatic heterocycles. The molecule has 0 fully saturated rings. The molecule has 5 heteroatoms. The molecule has 2 nitrogen and oxygen atoms in total. The summed E-state index contributed by atoms with van der Waals surface area (Å²) in [5.41, 5.74) is 0. The van der Waals surface area contributed by atoms with Crippen molar-refractivity contribution in [2.24, 2.45) is 0 Å². The van der Waals surface area contributed by atoms with Crippen molar-refractivity contribution in [3.63, 3.8) is 0 Å². The minimum atomic E-state index is -2.92. The number of hydrogen-bond donors (Lipinski definition) is 0. The van der Waals surface area contributed by atoms with Crippen LogP contribution in [0.25, 0.3) is 0 Å². The molecule has 0 bridgehead atoms. The van der Waals surface area contributed by atoms with E-state index in [0.717, 1.165) is 4.90 Å². The third-order valence-corrected chi connectivity index (χ3v) is 1.15. The van der Waals surface area contributed by atoms with Gasteiger partial charge in [0.2, 0.25) is 0 Å². The van der Waals surface area contributed by atoms with Crippen molar-refractivity contribution in [3.8, 4) is 0 Å². The van der Waals surface area contributed by atoms with E-state index < -0.39 is 12.3 Å². The number of amides is 1. The Hall–Kier alpha value is -0.380. The highest BCUT2D eigenvalue weighted by molar-refractivity contribution is 6.18. The van der Waals surface area contributed by atoms with E-state index >= 15 is 0 Å². The number of nitrogens with zero attached hydrogens (tertiary/aromatic N) is 1. The second kappa shape index (κ2) is 4.44. The van der Waals surface area contributed by atoms with Crippen LogP contribution in [0.2, 0.25) is 0 Å². The van der Waals surface area contributed by atoms with Crippen LogP contribution in [0.15, 0.2) is 0 Å². The molecule has 0 saturated heterocycles. The molecule has 0 atom stereocenters. The van der Waals surface area contributed by atoms with Crippen LogP contribution in [0, 0.1) is 0 Å². The molecule has 0 aromatic carbocycles. The van der Waals surface area contributed by atoms with Gasteiger partial charge in [-0.3, -0.25) is 4.79 Å². The van der Waals surface area contributed by atoms with Gasteiger partial charge in [-0.2, -0.15) is 8.78 Å². The summed E-state index contributed by atoms with van der Waals surface area (Å²) < 4.78 is 23.1. The molecule has 0 rings (SSSR count). The third-order valence-electron chi connectivity index (χ3n) is 0.983. The van der Waals surface area contributed by atoms with E-state index in [9.17, 15) is 13.6 Å². The summed E-state index contributed by atoms with van der Waals surface area (Å²) in [5.74, 6) is -1.00. The highest BCUT2D eigenvalue weighted by Gasteiger charge is 2.18. The summed E-state index contributed by atoms with van der Waals surface area (Å²) in [6.07, 6.45) is -2.92. The highest BCUT2D eigenvalue weighted by Crippen LogP contribution is 1.97. The number of carbonyl (C=O) groups excluding carboxylic acids is 1. The molecule has 0 radical (unpaired) electrons. The summed E-state index contributed by atoms with van der Waals surface area (Å²) >= 11 is 5.21. The molecule has 0 aliphatic rings. The topological polar surface area (TPSA) is 20.3 Å². The molecule has 0 unspecified atom stereocenters. The van der Waals surface area contributed by atoms with E-state index in [-0.39, 0.29) is 12.4 Å². The largest absolute Gasteiger partial charge is 0.340 e. The van der Waals surface area contributed by atoms with Gasteiger partial charge in [0.05, 0.1) is 0 Å². The Morgan fingerprint density at radius 3 is 2.50 bits per heavy atom. The lowest BCUT2D eigenvalue weighted by Crippen LogP contribution is -2.33. The average molecular weight is 172 g/mol. The van der Waals surface area contributed by atoms with Gasteiger partial charge >= 0.3 is 6.43 Å². The Labute approximate surface area is 62.8 Å². The fraction of sp³-hybridized carbons (Fsp3) is 0.800. The minimum absolute atomic E-state index is 0.157. The first-order valence-electron chi connectivity index (χ1n) is 2.68. The maximum absolute atomic E-state index is 11.6. The van der Waals surface area contributed by atoms with Crippen molar-refractivity contribution in [2.45, 2.75) is 6.43 Å². The van der Waals surface area contributed by atoms with Gasteiger partial charge < -0.3 is 4.90 Å². The molecule has 0 aliphatic carbocycles. The van der Waals surface area contributed by atoms with E-state index in [1.165, 1.54) is 7.05 Å². The fourth-order valence-electron chi connectivity index (χ4n) is 0.404. The maximum atomic E-state index is 11.6. The number of hydrogen-bond acceptors (Lipinski definition) is 1. The molecule has 0 saturated carbocycles. The summed E-state index contributed by atoms with van der Waals surface area (Å²) in [4.78, 5) is 11.3. The Bertz CT molecular complexity index is 120. The molecular formula is C5H8ClF2NO. The van der Waals surface area contributed by atoms with Gasteiger partial charge in [0.25, 0.3) is 5.91 Å². The molecule has 0 N–H and O–H groups in total. The van der Waals surface area contributed by atoms with Crippen molar-refractivity contribution < 1.29 is 13.6 Å². The Kier molecular flexibility index (Phi) is 4.27. The molecule has 60 valence electrons. The monoisotopic (exact) mass is 171 g/mol. The van der Waals surface area contributed by atoms with Crippen LogP contribution < -0.4 is 0 Å². The van der Waals surface area contributed by atoms with E-state index in [1.807, 2.05) is 0 Å². The first-order chi connectivity index (χ1) is 4.59. The molecule has 0 aromatic rings.